The molecular weight excluding hydrogens is 431 g/mol. The van der Waals surface area contributed by atoms with E-state index in [4.69, 9.17) is 9.47 Å². The van der Waals surface area contributed by atoms with Crippen LogP contribution >= 0.6 is 0 Å². The monoisotopic (exact) mass is 463 g/mol. The lowest BCUT2D eigenvalue weighted by molar-refractivity contribution is -0.138. The first-order chi connectivity index (χ1) is 15.4. The molecule has 0 bridgehead atoms. The minimum Gasteiger partial charge on any atom is -0.490 e. The van der Waals surface area contributed by atoms with E-state index in [-0.39, 0.29) is 29.3 Å². The fourth-order valence-corrected chi connectivity index (χ4v) is 5.14. The molecule has 2 fully saturated rings. The maximum atomic E-state index is 14.2. The number of carbonyl (C=O) groups excluding carboxylic acids is 1. The third kappa shape index (κ3) is 4.64. The quantitative estimate of drug-likeness (QED) is 0.511. The molecule has 2 aromatic rings. The smallest absolute Gasteiger partial charge is 0.420 e. The molecule has 1 amide bonds. The van der Waals surface area contributed by atoms with Crippen LogP contribution in [0.1, 0.15) is 70.9 Å². The van der Waals surface area contributed by atoms with Crippen LogP contribution in [0.15, 0.2) is 30.3 Å². The fraction of sp³-hybridized carbons (Fsp3) is 0.577. The topological polar surface area (TPSA) is 47.6 Å². The molecule has 1 N–H and O–H groups in total. The zero-order valence-corrected chi connectivity index (χ0v) is 19.6. The summed E-state index contributed by atoms with van der Waals surface area (Å²) in [6.45, 7) is 8.63. The van der Waals surface area contributed by atoms with Gasteiger partial charge in [0.15, 0.2) is 0 Å². The van der Waals surface area contributed by atoms with Crippen LogP contribution in [-0.2, 0) is 16.5 Å². The van der Waals surface area contributed by atoms with Gasteiger partial charge in [0, 0.05) is 0 Å². The number of benzene rings is 2. The summed E-state index contributed by atoms with van der Waals surface area (Å²) in [4.78, 5) is 11.5. The van der Waals surface area contributed by atoms with Crippen molar-refractivity contribution < 1.29 is 27.4 Å². The highest BCUT2D eigenvalue weighted by Gasteiger charge is 2.40. The highest BCUT2D eigenvalue weighted by Crippen LogP contribution is 2.45. The standard InChI is InChI=1S/C26H32F3NO3/c1-5-24(2,3)17-7-10-19(11-8-17)33-21-13-6-16-14-18(25(4)15-32-23(31)30-25)9-12-20(16)22(21)26(27,28)29/h6,9,12-14,17,19H,5,7-8,10-11,15H2,1-4H3,(H,30,31)/t17?,19?,25-/m0/s1. The van der Waals surface area contributed by atoms with Crippen LogP contribution < -0.4 is 10.1 Å². The molecule has 1 heterocycles. The number of amides is 1. The summed E-state index contributed by atoms with van der Waals surface area (Å²) in [5, 5.41) is 3.27. The Hall–Kier alpha value is -2.44. The number of fused-ring (bicyclic) bond motifs is 1. The van der Waals surface area contributed by atoms with Crippen LogP contribution in [0.2, 0.25) is 0 Å². The molecule has 0 unspecified atom stereocenters. The van der Waals surface area contributed by atoms with Gasteiger partial charge in [-0.15, -0.1) is 0 Å². The van der Waals surface area contributed by atoms with Gasteiger partial charge in [0.25, 0.3) is 0 Å². The zero-order chi connectivity index (χ0) is 24.0. The van der Waals surface area contributed by atoms with E-state index < -0.39 is 23.4 Å². The van der Waals surface area contributed by atoms with Gasteiger partial charge in [0.1, 0.15) is 17.9 Å². The fourth-order valence-electron chi connectivity index (χ4n) is 5.14. The molecule has 1 aliphatic carbocycles. The van der Waals surface area contributed by atoms with Crippen LogP contribution in [0.4, 0.5) is 18.0 Å². The van der Waals surface area contributed by atoms with Crippen molar-refractivity contribution in [3.05, 3.63) is 41.5 Å². The summed E-state index contributed by atoms with van der Waals surface area (Å²) in [5.41, 5.74) is -0.577. The van der Waals surface area contributed by atoms with Crippen LogP contribution in [0.5, 0.6) is 5.75 Å². The normalized spacial score (nSPS) is 26.2. The van der Waals surface area contributed by atoms with Crippen LogP contribution in [0.25, 0.3) is 10.8 Å². The van der Waals surface area contributed by atoms with Crippen LogP contribution in [0.3, 0.4) is 0 Å². The number of ether oxygens (including phenoxy) is 2. The number of hydrogen-bond donors (Lipinski definition) is 1. The average Bonchev–Trinajstić information content (AvgIpc) is 3.12. The molecule has 4 nitrogen and oxygen atoms in total. The van der Waals surface area contributed by atoms with Crippen molar-refractivity contribution in [2.45, 2.75) is 77.6 Å². The largest absolute Gasteiger partial charge is 0.490 e. The van der Waals surface area contributed by atoms with E-state index in [2.05, 4.69) is 26.1 Å². The SMILES string of the molecule is CCC(C)(C)C1CCC(Oc2ccc3cc([C@]4(C)COC(=O)N4)ccc3c2C(F)(F)F)CC1. The Labute approximate surface area is 192 Å². The molecule has 1 aliphatic heterocycles. The van der Waals surface area contributed by atoms with Crippen LogP contribution in [-0.4, -0.2) is 18.8 Å². The molecule has 2 aromatic carbocycles. The number of carbonyl (C=O) groups is 1. The summed E-state index contributed by atoms with van der Waals surface area (Å²) in [6.07, 6.45) is -0.742. The summed E-state index contributed by atoms with van der Waals surface area (Å²) in [7, 11) is 0. The maximum absolute atomic E-state index is 14.2. The summed E-state index contributed by atoms with van der Waals surface area (Å²) in [6, 6.07) is 7.87. The van der Waals surface area contributed by atoms with Gasteiger partial charge in [-0.2, -0.15) is 13.2 Å². The van der Waals surface area contributed by atoms with Crippen molar-refractivity contribution in [3.8, 4) is 5.75 Å². The predicted octanol–water partition coefficient (Wildman–Crippen LogP) is 7.19. The Kier molecular flexibility index (Phi) is 6.04. The van der Waals surface area contributed by atoms with E-state index in [1.165, 1.54) is 12.1 Å². The van der Waals surface area contributed by atoms with Gasteiger partial charge in [-0.1, -0.05) is 45.4 Å². The zero-order valence-electron chi connectivity index (χ0n) is 19.6. The third-order valence-corrected chi connectivity index (χ3v) is 7.76. The van der Waals surface area contributed by atoms with Crippen molar-refractivity contribution in [3.63, 3.8) is 0 Å². The Morgan fingerprint density at radius 3 is 2.39 bits per heavy atom. The van der Waals surface area contributed by atoms with E-state index in [1.807, 2.05) is 0 Å². The van der Waals surface area contributed by atoms with Gasteiger partial charge in [-0.25, -0.2) is 4.79 Å². The lowest BCUT2D eigenvalue weighted by Gasteiger charge is -2.39. The Balaban J connectivity index is 1.61. The van der Waals surface area contributed by atoms with Crippen molar-refractivity contribution >= 4 is 16.9 Å². The number of halogens is 3. The second-order valence-electron chi connectivity index (χ2n) is 10.3. The number of cyclic esters (lactones) is 1. The number of hydrogen-bond acceptors (Lipinski definition) is 3. The van der Waals surface area contributed by atoms with E-state index in [1.54, 1.807) is 25.1 Å². The third-order valence-electron chi connectivity index (χ3n) is 7.76. The first-order valence-corrected chi connectivity index (χ1v) is 11.7. The summed E-state index contributed by atoms with van der Waals surface area (Å²) >= 11 is 0. The second kappa shape index (κ2) is 8.41. The van der Waals surface area contributed by atoms with Crippen molar-refractivity contribution in [2.75, 3.05) is 6.61 Å². The second-order valence-corrected chi connectivity index (χ2v) is 10.3. The highest BCUT2D eigenvalue weighted by molar-refractivity contribution is 5.89. The van der Waals surface area contributed by atoms with Gasteiger partial charge in [0.2, 0.25) is 0 Å². The molecule has 1 saturated heterocycles. The van der Waals surface area contributed by atoms with Gasteiger partial charge in [-0.3, -0.25) is 0 Å². The number of alkyl halides is 3. The first-order valence-electron chi connectivity index (χ1n) is 11.7. The first kappa shape index (κ1) is 23.7. The number of rotatable bonds is 5. The lowest BCUT2D eigenvalue weighted by Crippen LogP contribution is -2.37. The Bertz CT molecular complexity index is 1040. The average molecular weight is 464 g/mol. The lowest BCUT2D eigenvalue weighted by atomic mass is 9.69. The van der Waals surface area contributed by atoms with Crippen molar-refractivity contribution in [2.24, 2.45) is 11.3 Å². The molecule has 7 heteroatoms. The van der Waals surface area contributed by atoms with Gasteiger partial charge in [-0.05, 0) is 72.4 Å². The molecular formula is C26H32F3NO3. The van der Waals surface area contributed by atoms with Gasteiger partial charge in [0.05, 0.1) is 11.6 Å². The summed E-state index contributed by atoms with van der Waals surface area (Å²) in [5.74, 6) is 0.463. The molecule has 1 atom stereocenters. The van der Waals surface area contributed by atoms with Crippen molar-refractivity contribution in [1.29, 1.82) is 0 Å². The van der Waals surface area contributed by atoms with Gasteiger partial charge >= 0.3 is 12.3 Å². The highest BCUT2D eigenvalue weighted by atomic mass is 19.4. The van der Waals surface area contributed by atoms with E-state index in [0.717, 1.165) is 32.1 Å². The molecule has 0 spiro atoms. The van der Waals surface area contributed by atoms with Crippen LogP contribution in [0, 0.1) is 11.3 Å². The van der Waals surface area contributed by atoms with E-state index in [0.29, 0.717) is 16.9 Å². The molecule has 180 valence electrons. The summed E-state index contributed by atoms with van der Waals surface area (Å²) < 4.78 is 53.5. The minimum atomic E-state index is -4.55. The molecule has 2 aliphatic rings. The molecule has 1 saturated carbocycles. The van der Waals surface area contributed by atoms with Crippen molar-refractivity contribution in [1.82, 2.24) is 5.32 Å². The molecule has 33 heavy (non-hydrogen) atoms. The predicted molar refractivity (Wildman–Crippen MR) is 121 cm³/mol. The molecule has 0 radical (unpaired) electrons. The van der Waals surface area contributed by atoms with E-state index in [9.17, 15) is 18.0 Å². The maximum Gasteiger partial charge on any atom is 0.420 e. The Morgan fingerprint density at radius 2 is 1.82 bits per heavy atom. The van der Waals surface area contributed by atoms with E-state index >= 15 is 0 Å². The molecule has 4 rings (SSSR count). The molecule has 0 aromatic heterocycles. The Morgan fingerprint density at radius 1 is 1.12 bits per heavy atom. The number of nitrogens with one attached hydrogen (secondary N) is 1. The van der Waals surface area contributed by atoms with Gasteiger partial charge < -0.3 is 14.8 Å². The minimum absolute atomic E-state index is 0.0957. The number of alkyl carbamates (subject to hydrolysis) is 1.